The number of benzene rings is 9. The molecule has 0 aliphatic rings. The molecule has 0 radical (unpaired) electrons. The third-order valence-corrected chi connectivity index (χ3v) is 9.56. The van der Waals surface area contributed by atoms with Crippen LogP contribution in [0.3, 0.4) is 0 Å². The minimum absolute atomic E-state index is 0.950. The van der Waals surface area contributed by atoms with Crippen molar-refractivity contribution in [3.8, 4) is 22.3 Å². The number of hydrogen-bond acceptors (Lipinski definition) is 2. The van der Waals surface area contributed by atoms with Crippen molar-refractivity contribution in [3.05, 3.63) is 164 Å². The lowest BCUT2D eigenvalue weighted by Gasteiger charge is -2.25. The average molecular weight is 586 g/mol. The summed E-state index contributed by atoms with van der Waals surface area (Å²) in [5.74, 6) is 0. The Kier molecular flexibility index (Phi) is 5.31. The summed E-state index contributed by atoms with van der Waals surface area (Å²) in [6.07, 6.45) is 0. The van der Waals surface area contributed by atoms with Crippen LogP contribution in [0.5, 0.6) is 0 Å². The lowest BCUT2D eigenvalue weighted by molar-refractivity contribution is 0.670. The third kappa shape index (κ3) is 3.65. The number of para-hydroxylation sites is 2. The molecule has 0 amide bonds. The molecule has 1 heterocycles. The van der Waals surface area contributed by atoms with Gasteiger partial charge in [-0.25, -0.2) is 0 Å². The summed E-state index contributed by atoms with van der Waals surface area (Å²) in [5.41, 5.74) is 9.90. The summed E-state index contributed by atoms with van der Waals surface area (Å²) in [6, 6.07) is 58.7. The molecule has 2 nitrogen and oxygen atoms in total. The van der Waals surface area contributed by atoms with Crippen molar-refractivity contribution in [1.82, 2.24) is 0 Å². The van der Waals surface area contributed by atoms with Crippen molar-refractivity contribution in [3.63, 3.8) is 0 Å². The highest BCUT2D eigenvalue weighted by molar-refractivity contribution is 6.40. The summed E-state index contributed by atoms with van der Waals surface area (Å²) < 4.78 is 6.73. The fourth-order valence-electron chi connectivity index (χ4n) is 7.50. The van der Waals surface area contributed by atoms with E-state index in [2.05, 4.69) is 169 Å². The summed E-state index contributed by atoms with van der Waals surface area (Å²) in [4.78, 5) is 2.29. The predicted octanol–water partition coefficient (Wildman–Crippen LogP) is 12.7. The zero-order chi connectivity index (χ0) is 30.2. The Bertz CT molecular complexity index is 2630. The number of furan rings is 1. The second-order valence-corrected chi connectivity index (χ2v) is 12.1. The Balaban J connectivity index is 1.10. The van der Waals surface area contributed by atoms with E-state index in [0.717, 1.165) is 39.4 Å². The second kappa shape index (κ2) is 9.69. The highest BCUT2D eigenvalue weighted by Crippen LogP contribution is 2.48. The van der Waals surface area contributed by atoms with Crippen LogP contribution in [-0.2, 0) is 0 Å². The Morgan fingerprint density at radius 3 is 1.76 bits per heavy atom. The molecule has 0 saturated carbocycles. The number of anilines is 3. The molecule has 214 valence electrons. The van der Waals surface area contributed by atoms with E-state index in [1.165, 1.54) is 54.2 Å². The maximum atomic E-state index is 6.73. The van der Waals surface area contributed by atoms with Gasteiger partial charge in [0.05, 0.1) is 0 Å². The van der Waals surface area contributed by atoms with Crippen LogP contribution in [0.1, 0.15) is 0 Å². The van der Waals surface area contributed by atoms with Gasteiger partial charge in [0.15, 0.2) is 0 Å². The van der Waals surface area contributed by atoms with Crippen LogP contribution < -0.4 is 4.90 Å². The van der Waals surface area contributed by atoms with Crippen molar-refractivity contribution in [2.75, 3.05) is 4.90 Å². The molecule has 0 spiro atoms. The molecule has 10 rings (SSSR count). The van der Waals surface area contributed by atoms with Crippen LogP contribution in [0, 0.1) is 0 Å². The van der Waals surface area contributed by atoms with Gasteiger partial charge in [0.2, 0.25) is 0 Å². The standard InChI is InChI=1S/C44H27NO/c1-3-12-33(13-4-1)45(34-14-5-2-6-15-34)35-22-19-28(20-23-35)31-10-7-11-32(27-31)36-24-25-38-37-16-8-9-29-17-18-30-21-26-39-43(41(30)40(29)37)42(38)44(36)46-39/h1-27H. The zero-order valence-corrected chi connectivity index (χ0v) is 24.9. The monoisotopic (exact) mass is 585 g/mol. The van der Waals surface area contributed by atoms with E-state index >= 15 is 0 Å². The molecular weight excluding hydrogens is 558 g/mol. The summed E-state index contributed by atoms with van der Waals surface area (Å²) in [6.45, 7) is 0. The minimum Gasteiger partial charge on any atom is -0.455 e. The minimum atomic E-state index is 0.950. The predicted molar refractivity (Wildman–Crippen MR) is 194 cm³/mol. The summed E-state index contributed by atoms with van der Waals surface area (Å²) in [7, 11) is 0. The first-order valence-electron chi connectivity index (χ1n) is 15.8. The summed E-state index contributed by atoms with van der Waals surface area (Å²) in [5, 5.41) is 10.2. The quantitative estimate of drug-likeness (QED) is 0.148. The lowest BCUT2D eigenvalue weighted by Crippen LogP contribution is -2.09. The van der Waals surface area contributed by atoms with Gasteiger partial charge in [0, 0.05) is 38.8 Å². The van der Waals surface area contributed by atoms with E-state index in [-0.39, 0.29) is 0 Å². The third-order valence-electron chi connectivity index (χ3n) is 9.56. The molecule has 1 aromatic heterocycles. The van der Waals surface area contributed by atoms with Crippen molar-refractivity contribution >= 4 is 71.3 Å². The van der Waals surface area contributed by atoms with Gasteiger partial charge in [-0.15, -0.1) is 0 Å². The van der Waals surface area contributed by atoms with E-state index in [1.807, 2.05) is 0 Å². The Morgan fingerprint density at radius 1 is 0.370 bits per heavy atom. The molecule has 0 saturated heterocycles. The molecule has 2 heteroatoms. The highest BCUT2D eigenvalue weighted by Gasteiger charge is 2.22. The van der Waals surface area contributed by atoms with Crippen LogP contribution in [-0.4, -0.2) is 0 Å². The van der Waals surface area contributed by atoms with Gasteiger partial charge < -0.3 is 9.32 Å². The molecule has 0 aliphatic carbocycles. The van der Waals surface area contributed by atoms with E-state index in [4.69, 9.17) is 4.42 Å². The van der Waals surface area contributed by atoms with Crippen LogP contribution in [0.2, 0.25) is 0 Å². The van der Waals surface area contributed by atoms with E-state index in [0.29, 0.717) is 0 Å². The number of fused-ring (bicyclic) bond motifs is 1. The zero-order valence-electron chi connectivity index (χ0n) is 24.9. The second-order valence-electron chi connectivity index (χ2n) is 12.1. The van der Waals surface area contributed by atoms with Crippen molar-refractivity contribution in [2.24, 2.45) is 0 Å². The number of nitrogens with zero attached hydrogens (tertiary/aromatic N) is 1. The molecule has 0 atom stereocenters. The number of hydrogen-bond donors (Lipinski definition) is 0. The maximum absolute atomic E-state index is 6.73. The fourth-order valence-corrected chi connectivity index (χ4v) is 7.50. The molecule has 0 aliphatic heterocycles. The van der Waals surface area contributed by atoms with Gasteiger partial charge in [0.1, 0.15) is 11.2 Å². The van der Waals surface area contributed by atoms with E-state index in [1.54, 1.807) is 0 Å². The Labute approximate surface area is 266 Å². The van der Waals surface area contributed by atoms with Crippen LogP contribution in [0.25, 0.3) is 76.5 Å². The first-order valence-corrected chi connectivity index (χ1v) is 15.8. The van der Waals surface area contributed by atoms with Crippen LogP contribution in [0.4, 0.5) is 17.1 Å². The molecule has 46 heavy (non-hydrogen) atoms. The largest absolute Gasteiger partial charge is 0.455 e. The van der Waals surface area contributed by atoms with Crippen LogP contribution >= 0.6 is 0 Å². The van der Waals surface area contributed by atoms with Crippen LogP contribution in [0.15, 0.2) is 168 Å². The van der Waals surface area contributed by atoms with Crippen molar-refractivity contribution < 1.29 is 4.42 Å². The maximum Gasteiger partial charge on any atom is 0.143 e. The topological polar surface area (TPSA) is 16.4 Å². The summed E-state index contributed by atoms with van der Waals surface area (Å²) >= 11 is 0. The van der Waals surface area contributed by atoms with Gasteiger partial charge in [-0.2, -0.15) is 0 Å². The fraction of sp³-hybridized carbons (Fsp3) is 0. The SMILES string of the molecule is c1ccc(N(c2ccccc2)c2ccc(-c3cccc(-c4ccc5c6cccc7ccc8ccc9oc4c5c9c8c76)c3)cc2)cc1. The molecule has 9 aromatic carbocycles. The van der Waals surface area contributed by atoms with E-state index < -0.39 is 0 Å². The first kappa shape index (κ1) is 25.2. The van der Waals surface area contributed by atoms with Gasteiger partial charge in [-0.1, -0.05) is 109 Å². The van der Waals surface area contributed by atoms with Gasteiger partial charge >= 0.3 is 0 Å². The van der Waals surface area contributed by atoms with Gasteiger partial charge in [-0.3, -0.25) is 0 Å². The smallest absolute Gasteiger partial charge is 0.143 e. The van der Waals surface area contributed by atoms with Crippen molar-refractivity contribution in [2.45, 2.75) is 0 Å². The molecule has 10 aromatic rings. The molecule has 0 fully saturated rings. The molecule has 0 bridgehead atoms. The average Bonchev–Trinajstić information content (AvgIpc) is 3.52. The number of rotatable bonds is 5. The first-order chi connectivity index (χ1) is 22.8. The highest BCUT2D eigenvalue weighted by atomic mass is 16.3. The van der Waals surface area contributed by atoms with Crippen molar-refractivity contribution in [1.29, 1.82) is 0 Å². The van der Waals surface area contributed by atoms with Gasteiger partial charge in [-0.05, 0) is 98.2 Å². The molecular formula is C44H27NO. The Morgan fingerprint density at radius 2 is 1.00 bits per heavy atom. The lowest BCUT2D eigenvalue weighted by atomic mass is 9.88. The Hall–Kier alpha value is -6.12. The molecule has 0 N–H and O–H groups in total. The molecule has 0 unspecified atom stereocenters. The van der Waals surface area contributed by atoms with E-state index in [9.17, 15) is 0 Å². The normalized spacial score (nSPS) is 11.9. The van der Waals surface area contributed by atoms with Gasteiger partial charge in [0.25, 0.3) is 0 Å².